The number of nitrogens with one attached hydrogen (secondary N) is 2. The second-order valence-electron chi connectivity index (χ2n) is 5.61. The maximum Gasteiger partial charge on any atom is 0.252 e. The van der Waals surface area contributed by atoms with Crippen LogP contribution in [0.4, 0.5) is 5.69 Å². The molecule has 24 heavy (non-hydrogen) atoms. The summed E-state index contributed by atoms with van der Waals surface area (Å²) >= 11 is 0. The Labute approximate surface area is 139 Å². The van der Waals surface area contributed by atoms with E-state index < -0.39 is 0 Å². The highest BCUT2D eigenvalue weighted by Crippen LogP contribution is 2.12. The lowest BCUT2D eigenvalue weighted by Crippen LogP contribution is -2.21. The summed E-state index contributed by atoms with van der Waals surface area (Å²) < 4.78 is 0. The van der Waals surface area contributed by atoms with Crippen molar-refractivity contribution in [2.75, 3.05) is 11.9 Å². The fraction of sp³-hybridized carbons (Fsp3) is 0.158. The van der Waals surface area contributed by atoms with Gasteiger partial charge in [0.05, 0.1) is 6.42 Å². The number of hydrogen-bond acceptors (Lipinski definition) is 3. The Hall–Kier alpha value is -2.92. The number of rotatable bonds is 5. The molecule has 0 fully saturated rings. The van der Waals surface area contributed by atoms with E-state index in [-0.39, 0.29) is 24.5 Å². The SMILES string of the molecule is O=C(Cc1cc2ccccc2[nH]c1=O)Nc1ccc(CCO)cc1. The van der Waals surface area contributed by atoms with E-state index in [0.29, 0.717) is 17.7 Å². The summed E-state index contributed by atoms with van der Waals surface area (Å²) in [6, 6.07) is 16.5. The fourth-order valence-electron chi connectivity index (χ4n) is 2.59. The quantitative estimate of drug-likeness (QED) is 0.674. The average molecular weight is 322 g/mol. The van der Waals surface area contributed by atoms with Crippen LogP contribution >= 0.6 is 0 Å². The van der Waals surface area contributed by atoms with Crippen molar-refractivity contribution in [2.45, 2.75) is 12.8 Å². The van der Waals surface area contributed by atoms with Gasteiger partial charge in [-0.15, -0.1) is 0 Å². The van der Waals surface area contributed by atoms with E-state index >= 15 is 0 Å². The summed E-state index contributed by atoms with van der Waals surface area (Å²) in [7, 11) is 0. The zero-order valence-electron chi connectivity index (χ0n) is 13.1. The van der Waals surface area contributed by atoms with Gasteiger partial charge in [-0.2, -0.15) is 0 Å². The molecule has 0 bridgehead atoms. The Bertz CT molecular complexity index is 914. The Kier molecular flexibility index (Phi) is 4.72. The molecule has 0 spiro atoms. The molecular weight excluding hydrogens is 304 g/mol. The lowest BCUT2D eigenvalue weighted by atomic mass is 10.1. The maximum atomic E-state index is 12.2. The zero-order chi connectivity index (χ0) is 16.9. The van der Waals surface area contributed by atoms with E-state index in [1.54, 1.807) is 18.2 Å². The summed E-state index contributed by atoms with van der Waals surface area (Å²) in [6.45, 7) is 0.0937. The van der Waals surface area contributed by atoms with Crippen molar-refractivity contribution in [1.29, 1.82) is 0 Å². The molecule has 3 aromatic rings. The van der Waals surface area contributed by atoms with Gasteiger partial charge in [0.15, 0.2) is 0 Å². The van der Waals surface area contributed by atoms with Crippen molar-refractivity contribution in [3.63, 3.8) is 0 Å². The lowest BCUT2D eigenvalue weighted by Gasteiger charge is -2.07. The van der Waals surface area contributed by atoms with Crippen LogP contribution in [0.1, 0.15) is 11.1 Å². The van der Waals surface area contributed by atoms with Gasteiger partial charge in [-0.25, -0.2) is 0 Å². The summed E-state index contributed by atoms with van der Waals surface area (Å²) in [5.41, 5.74) is 2.61. The third-order valence-corrected chi connectivity index (χ3v) is 3.82. The molecule has 0 unspecified atom stereocenters. The van der Waals surface area contributed by atoms with Crippen LogP contribution in [0.25, 0.3) is 10.9 Å². The molecule has 5 nitrogen and oxygen atoms in total. The molecule has 122 valence electrons. The summed E-state index contributed by atoms with van der Waals surface area (Å²) in [5, 5.41) is 12.6. The molecule has 0 aliphatic rings. The Balaban J connectivity index is 1.72. The molecule has 3 N–H and O–H groups in total. The first-order valence-electron chi connectivity index (χ1n) is 7.76. The van der Waals surface area contributed by atoms with E-state index in [9.17, 15) is 9.59 Å². The van der Waals surface area contributed by atoms with Crippen LogP contribution in [0.15, 0.2) is 59.4 Å². The van der Waals surface area contributed by atoms with Crippen LogP contribution in [0.2, 0.25) is 0 Å². The number of aromatic nitrogens is 1. The van der Waals surface area contributed by atoms with Crippen molar-refractivity contribution in [1.82, 2.24) is 4.98 Å². The highest BCUT2D eigenvalue weighted by molar-refractivity contribution is 5.92. The normalized spacial score (nSPS) is 10.7. The van der Waals surface area contributed by atoms with Gasteiger partial charge in [0, 0.05) is 23.4 Å². The van der Waals surface area contributed by atoms with Crippen LogP contribution in [-0.2, 0) is 17.6 Å². The third kappa shape index (κ3) is 3.70. The summed E-state index contributed by atoms with van der Waals surface area (Å²) in [6.07, 6.45) is 0.596. The first-order valence-corrected chi connectivity index (χ1v) is 7.76. The third-order valence-electron chi connectivity index (χ3n) is 3.82. The number of pyridine rings is 1. The molecule has 0 saturated heterocycles. The number of aliphatic hydroxyl groups excluding tert-OH is 1. The van der Waals surface area contributed by atoms with Crippen LogP contribution in [0.5, 0.6) is 0 Å². The van der Waals surface area contributed by atoms with E-state index in [1.807, 2.05) is 36.4 Å². The summed E-state index contributed by atoms with van der Waals surface area (Å²) in [5.74, 6) is -0.245. The van der Waals surface area contributed by atoms with Gasteiger partial charge in [-0.05, 0) is 41.6 Å². The second kappa shape index (κ2) is 7.10. The molecule has 3 rings (SSSR count). The number of carbonyl (C=O) groups excluding carboxylic acids is 1. The molecular formula is C19H18N2O3. The predicted molar refractivity (Wildman–Crippen MR) is 94.1 cm³/mol. The van der Waals surface area contributed by atoms with Crippen LogP contribution in [-0.4, -0.2) is 22.6 Å². The van der Waals surface area contributed by atoms with Gasteiger partial charge in [0.25, 0.3) is 5.56 Å². The molecule has 5 heteroatoms. The molecule has 1 amide bonds. The Morgan fingerprint density at radius 2 is 1.83 bits per heavy atom. The summed E-state index contributed by atoms with van der Waals surface area (Å²) in [4.78, 5) is 27.0. The highest BCUT2D eigenvalue weighted by Gasteiger charge is 2.09. The van der Waals surface area contributed by atoms with E-state index in [4.69, 9.17) is 5.11 Å². The lowest BCUT2D eigenvalue weighted by molar-refractivity contribution is -0.115. The number of hydrogen-bond donors (Lipinski definition) is 3. The van der Waals surface area contributed by atoms with Crippen molar-refractivity contribution >= 4 is 22.5 Å². The van der Waals surface area contributed by atoms with E-state index in [0.717, 1.165) is 16.5 Å². The number of aromatic amines is 1. The smallest absolute Gasteiger partial charge is 0.252 e. The average Bonchev–Trinajstić information content (AvgIpc) is 2.57. The first-order chi connectivity index (χ1) is 11.7. The second-order valence-corrected chi connectivity index (χ2v) is 5.61. The molecule has 2 aromatic carbocycles. The zero-order valence-corrected chi connectivity index (χ0v) is 13.1. The first kappa shape index (κ1) is 16.0. The minimum atomic E-state index is -0.248. The van der Waals surface area contributed by atoms with Crippen molar-refractivity contribution < 1.29 is 9.90 Å². The van der Waals surface area contributed by atoms with Gasteiger partial charge in [-0.3, -0.25) is 9.59 Å². The number of fused-ring (bicyclic) bond motifs is 1. The van der Waals surface area contributed by atoms with E-state index in [1.165, 1.54) is 0 Å². The van der Waals surface area contributed by atoms with Crippen LogP contribution < -0.4 is 10.9 Å². The number of amides is 1. The van der Waals surface area contributed by atoms with Gasteiger partial charge >= 0.3 is 0 Å². The van der Waals surface area contributed by atoms with Gasteiger partial charge in [0.2, 0.25) is 5.91 Å². The minimum absolute atomic E-state index is 0.0125. The van der Waals surface area contributed by atoms with Crippen molar-refractivity contribution in [2.24, 2.45) is 0 Å². The fourth-order valence-corrected chi connectivity index (χ4v) is 2.59. The van der Waals surface area contributed by atoms with Crippen LogP contribution in [0, 0.1) is 0 Å². The van der Waals surface area contributed by atoms with Gasteiger partial charge in [0.1, 0.15) is 0 Å². The maximum absolute atomic E-state index is 12.2. The molecule has 1 heterocycles. The monoisotopic (exact) mass is 322 g/mol. The standard InChI is InChI=1S/C19H18N2O3/c22-10-9-13-5-7-16(8-6-13)20-18(23)12-15-11-14-3-1-2-4-17(14)21-19(15)24/h1-8,11,22H,9-10,12H2,(H,20,23)(H,21,24). The number of anilines is 1. The van der Waals surface area contributed by atoms with Crippen LogP contribution in [0.3, 0.4) is 0 Å². The molecule has 0 radical (unpaired) electrons. The molecule has 0 aliphatic heterocycles. The Morgan fingerprint density at radius 3 is 2.58 bits per heavy atom. The molecule has 0 atom stereocenters. The number of aliphatic hydroxyl groups is 1. The largest absolute Gasteiger partial charge is 0.396 e. The molecule has 1 aromatic heterocycles. The molecule has 0 saturated carbocycles. The Morgan fingerprint density at radius 1 is 1.08 bits per heavy atom. The van der Waals surface area contributed by atoms with Crippen molar-refractivity contribution in [3.05, 3.63) is 76.1 Å². The van der Waals surface area contributed by atoms with E-state index in [2.05, 4.69) is 10.3 Å². The van der Waals surface area contributed by atoms with Gasteiger partial charge < -0.3 is 15.4 Å². The number of benzene rings is 2. The number of para-hydroxylation sites is 1. The van der Waals surface area contributed by atoms with Gasteiger partial charge in [-0.1, -0.05) is 30.3 Å². The molecule has 0 aliphatic carbocycles. The van der Waals surface area contributed by atoms with Crippen molar-refractivity contribution in [3.8, 4) is 0 Å². The number of H-pyrrole nitrogens is 1. The minimum Gasteiger partial charge on any atom is -0.396 e. The number of carbonyl (C=O) groups is 1. The highest BCUT2D eigenvalue weighted by atomic mass is 16.3. The predicted octanol–water partition coefficient (Wildman–Crippen LogP) is 2.24. The topological polar surface area (TPSA) is 82.2 Å².